The van der Waals surface area contributed by atoms with Gasteiger partial charge in [0.1, 0.15) is 18.4 Å². The Kier molecular flexibility index (Phi) is 6.11. The van der Waals surface area contributed by atoms with Gasteiger partial charge >= 0.3 is 11.4 Å². The minimum absolute atomic E-state index is 0.0603. The van der Waals surface area contributed by atoms with Crippen LogP contribution >= 0.6 is 0 Å². The van der Waals surface area contributed by atoms with Crippen LogP contribution in [0, 0.1) is 13.8 Å². The normalized spacial score (nSPS) is 27.3. The maximum Gasteiger partial charge on any atom is 0.330 e. The summed E-state index contributed by atoms with van der Waals surface area (Å²) < 4.78 is 19.7. The molecule has 5 atom stereocenters. The number of hydrogen-bond acceptors (Lipinski definition) is 8. The van der Waals surface area contributed by atoms with Crippen molar-refractivity contribution in [3.05, 3.63) is 77.3 Å². The van der Waals surface area contributed by atoms with Crippen molar-refractivity contribution < 1.29 is 19.3 Å². The Balaban J connectivity index is 1.31. The third kappa shape index (κ3) is 4.43. The Labute approximate surface area is 180 Å². The van der Waals surface area contributed by atoms with Crippen LogP contribution in [0.15, 0.2) is 43.7 Å². The molecule has 5 unspecified atom stereocenters. The highest BCUT2D eigenvalue weighted by Crippen LogP contribution is 2.28. The summed E-state index contributed by atoms with van der Waals surface area (Å²) in [6.07, 6.45) is 3.11. The van der Waals surface area contributed by atoms with Gasteiger partial charge in [-0.25, -0.2) is 9.59 Å². The van der Waals surface area contributed by atoms with Crippen molar-refractivity contribution in [3.63, 3.8) is 0 Å². The molecule has 0 aliphatic carbocycles. The van der Waals surface area contributed by atoms with Crippen molar-refractivity contribution >= 4 is 0 Å². The van der Waals surface area contributed by atoms with Crippen molar-refractivity contribution in [3.8, 4) is 0 Å². The van der Waals surface area contributed by atoms with Crippen molar-refractivity contribution in [2.24, 2.45) is 0 Å². The first-order valence-corrected chi connectivity index (χ1v) is 10.1. The van der Waals surface area contributed by atoms with E-state index in [1.807, 2.05) is 0 Å². The molecule has 12 heteroatoms. The fraction of sp³-hybridized carbons (Fsp3) is 0.500. The van der Waals surface area contributed by atoms with Gasteiger partial charge in [-0.3, -0.25) is 28.7 Å². The van der Waals surface area contributed by atoms with Crippen LogP contribution in [0.25, 0.3) is 0 Å². The monoisotopic (exact) mass is 448 g/mol. The first kappa shape index (κ1) is 22.1. The summed E-state index contributed by atoms with van der Waals surface area (Å²) in [5.74, 6) is 0. The van der Waals surface area contributed by atoms with Gasteiger partial charge in [-0.15, -0.1) is 0 Å². The van der Waals surface area contributed by atoms with E-state index in [1.165, 1.54) is 21.5 Å². The number of aliphatic hydroxyl groups is 1. The molecular formula is C20H24N4O8. The highest BCUT2D eigenvalue weighted by atomic mass is 16.6. The quantitative estimate of drug-likeness (QED) is 0.466. The number of hydrogen-bond donors (Lipinski definition) is 3. The topological polar surface area (TPSA) is 158 Å². The molecule has 0 radical (unpaired) electrons. The number of aryl methyl sites for hydroxylation is 2. The minimum Gasteiger partial charge on any atom is -0.390 e. The number of rotatable bonds is 6. The molecule has 0 saturated carbocycles. The van der Waals surface area contributed by atoms with Crippen LogP contribution in [0.4, 0.5) is 0 Å². The molecule has 3 N–H and O–H groups in total. The van der Waals surface area contributed by atoms with Crippen LogP contribution in [-0.4, -0.2) is 55.7 Å². The fourth-order valence-corrected chi connectivity index (χ4v) is 3.65. The summed E-state index contributed by atoms with van der Waals surface area (Å²) >= 11 is 0. The second-order valence-electron chi connectivity index (χ2n) is 7.88. The van der Waals surface area contributed by atoms with E-state index in [9.17, 15) is 24.3 Å². The lowest BCUT2D eigenvalue weighted by molar-refractivity contribution is -0.0843. The molecule has 2 aromatic rings. The number of ether oxygens (including phenoxy) is 3. The van der Waals surface area contributed by atoms with Crippen LogP contribution < -0.4 is 22.5 Å². The second-order valence-corrected chi connectivity index (χ2v) is 7.88. The molecule has 1 fully saturated rings. The van der Waals surface area contributed by atoms with Gasteiger partial charge in [-0.2, -0.15) is 0 Å². The molecule has 0 spiro atoms. The fourth-order valence-electron chi connectivity index (χ4n) is 3.65. The number of H-pyrrole nitrogens is 2. The third-order valence-electron chi connectivity index (χ3n) is 5.45. The summed E-state index contributed by atoms with van der Waals surface area (Å²) in [7, 11) is 0. The number of aromatic amines is 2. The van der Waals surface area contributed by atoms with Crippen molar-refractivity contribution in [1.82, 2.24) is 19.1 Å². The molecule has 2 aromatic heterocycles. The van der Waals surface area contributed by atoms with Crippen LogP contribution in [0.1, 0.15) is 30.0 Å². The van der Waals surface area contributed by atoms with Crippen LogP contribution in [0.2, 0.25) is 0 Å². The van der Waals surface area contributed by atoms with Crippen molar-refractivity contribution in [2.45, 2.75) is 51.0 Å². The highest BCUT2D eigenvalue weighted by Gasteiger charge is 2.36. The van der Waals surface area contributed by atoms with Gasteiger partial charge in [0.25, 0.3) is 11.1 Å². The molecule has 0 aromatic carbocycles. The van der Waals surface area contributed by atoms with Crippen molar-refractivity contribution in [2.75, 3.05) is 13.2 Å². The van der Waals surface area contributed by atoms with Gasteiger partial charge in [0.05, 0.1) is 19.3 Å². The second kappa shape index (κ2) is 8.82. The summed E-state index contributed by atoms with van der Waals surface area (Å²) in [5.41, 5.74) is -1.34. The smallest absolute Gasteiger partial charge is 0.330 e. The van der Waals surface area contributed by atoms with Crippen molar-refractivity contribution in [1.29, 1.82) is 0 Å². The zero-order chi connectivity index (χ0) is 23.0. The molecule has 172 valence electrons. The van der Waals surface area contributed by atoms with E-state index >= 15 is 0 Å². The summed E-state index contributed by atoms with van der Waals surface area (Å²) in [4.78, 5) is 51.5. The molecule has 32 heavy (non-hydrogen) atoms. The molecule has 1 saturated heterocycles. The maximum atomic E-state index is 12.0. The lowest BCUT2D eigenvalue weighted by Gasteiger charge is -2.19. The standard InChI is InChI=1S/C20H24N4O8/c1-10-6-23(19(28)21-17(10)26)15-4-3-12(31-15)8-30-9-14-13(25)5-16(32-14)24-7-11(2)18(27)22-20(24)29/h3-4,6-7,12-16,25H,5,8-9H2,1-2H3,(H,21,26,28)(H,22,27,29). The lowest BCUT2D eigenvalue weighted by Crippen LogP contribution is -2.34. The van der Waals surface area contributed by atoms with E-state index in [4.69, 9.17) is 14.2 Å². The molecule has 0 bridgehead atoms. The predicted molar refractivity (Wildman–Crippen MR) is 111 cm³/mol. The number of aliphatic hydroxyl groups excluding tert-OH is 1. The Hall–Kier alpha value is -3.06. The molecule has 2 aliphatic rings. The Morgan fingerprint density at radius 1 is 0.969 bits per heavy atom. The Morgan fingerprint density at radius 2 is 1.59 bits per heavy atom. The third-order valence-corrected chi connectivity index (χ3v) is 5.45. The van der Waals surface area contributed by atoms with Gasteiger partial charge in [0.15, 0.2) is 6.23 Å². The maximum absolute atomic E-state index is 12.0. The van der Waals surface area contributed by atoms with E-state index in [0.717, 1.165) is 0 Å². The molecule has 12 nitrogen and oxygen atoms in total. The van der Waals surface area contributed by atoms with Crippen LogP contribution in [-0.2, 0) is 14.2 Å². The van der Waals surface area contributed by atoms with E-state index in [2.05, 4.69) is 9.97 Å². The molecule has 4 rings (SSSR count). The first-order chi connectivity index (χ1) is 15.2. The highest BCUT2D eigenvalue weighted by molar-refractivity contribution is 5.06. The SMILES string of the molecule is Cc1cn(C2C=CC(COCC3OC(n4cc(C)c(=O)[nH]c4=O)CC3O)O2)c(=O)[nH]c1=O. The lowest BCUT2D eigenvalue weighted by atomic mass is 10.2. The predicted octanol–water partition coefficient (Wildman–Crippen LogP) is -1.18. The molecular weight excluding hydrogens is 424 g/mol. The average Bonchev–Trinajstić information content (AvgIpc) is 3.34. The zero-order valence-corrected chi connectivity index (χ0v) is 17.5. The van der Waals surface area contributed by atoms with Gasteiger partial charge in [-0.05, 0) is 19.9 Å². The van der Waals surface area contributed by atoms with E-state index in [-0.39, 0.29) is 19.6 Å². The number of nitrogens with one attached hydrogen (secondary N) is 2. The number of aromatic nitrogens is 4. The van der Waals surface area contributed by atoms with Crippen LogP contribution in [0.3, 0.4) is 0 Å². The van der Waals surface area contributed by atoms with Gasteiger partial charge in [0.2, 0.25) is 0 Å². The summed E-state index contributed by atoms with van der Waals surface area (Å²) in [6, 6.07) is 0. The molecule has 0 amide bonds. The van der Waals surface area contributed by atoms with E-state index in [1.54, 1.807) is 26.0 Å². The van der Waals surface area contributed by atoms with Crippen LogP contribution in [0.5, 0.6) is 0 Å². The van der Waals surface area contributed by atoms with Gasteiger partial charge < -0.3 is 19.3 Å². The molecule has 2 aliphatic heterocycles. The Morgan fingerprint density at radius 3 is 2.28 bits per heavy atom. The largest absolute Gasteiger partial charge is 0.390 e. The van der Waals surface area contributed by atoms with E-state index < -0.39 is 53.3 Å². The average molecular weight is 448 g/mol. The summed E-state index contributed by atoms with van der Waals surface area (Å²) in [5, 5.41) is 10.3. The van der Waals surface area contributed by atoms with E-state index in [0.29, 0.717) is 11.1 Å². The summed E-state index contributed by atoms with van der Waals surface area (Å²) in [6.45, 7) is 3.38. The molecule has 4 heterocycles. The zero-order valence-electron chi connectivity index (χ0n) is 17.5. The Bertz CT molecular complexity index is 1260. The van der Waals surface area contributed by atoms with Gasteiger partial charge in [0, 0.05) is 29.9 Å². The first-order valence-electron chi connectivity index (χ1n) is 10.1. The minimum atomic E-state index is -0.852. The number of nitrogens with zero attached hydrogens (tertiary/aromatic N) is 2. The van der Waals surface area contributed by atoms with Gasteiger partial charge in [-0.1, -0.05) is 6.08 Å².